The molecule has 2 amide bonds. The normalized spacial score (nSPS) is 25.0. The summed E-state index contributed by atoms with van der Waals surface area (Å²) in [5.41, 5.74) is -1.55. The number of likely N-dealkylation sites (N-methyl/N-ethyl adjacent to an activating group) is 1. The topological polar surface area (TPSA) is 157 Å². The molecule has 0 aromatic heterocycles. The van der Waals surface area contributed by atoms with Crippen molar-refractivity contribution in [1.29, 1.82) is 0 Å². The molecule has 0 radical (unpaired) electrons. The maximum atomic E-state index is 14.2. The van der Waals surface area contributed by atoms with Crippen LogP contribution in [-0.2, 0) is 29.9 Å². The second-order valence-corrected chi connectivity index (χ2v) is 17.6. The Morgan fingerprint density at radius 3 is 2.20 bits per heavy atom. The van der Waals surface area contributed by atoms with Crippen molar-refractivity contribution < 1.29 is 38.3 Å². The molecule has 0 aliphatic carbocycles. The number of rotatable bonds is 10. The summed E-state index contributed by atoms with van der Waals surface area (Å²) >= 11 is 13.2. The number of carboxylic acid groups (broad SMARTS) is 2. The van der Waals surface area contributed by atoms with Gasteiger partial charge in [-0.1, -0.05) is 53.9 Å². The van der Waals surface area contributed by atoms with E-state index in [0.29, 0.717) is 23.9 Å². The minimum absolute atomic E-state index is 0.0228. The second-order valence-electron chi connectivity index (χ2n) is 15.4. The molecule has 3 N–H and O–H groups in total. The van der Waals surface area contributed by atoms with Crippen LogP contribution >= 0.6 is 23.2 Å². The number of carbonyl (C=O) groups is 4. The van der Waals surface area contributed by atoms with Crippen LogP contribution in [0.25, 0.3) is 0 Å². The van der Waals surface area contributed by atoms with Crippen LogP contribution in [0.3, 0.4) is 0 Å². The fourth-order valence-electron chi connectivity index (χ4n) is 8.48. The highest BCUT2D eigenvalue weighted by Gasteiger charge is 2.49. The SMILES string of the molecule is CN1C2CCCC1C(N(C(=O)OC(C)(C)C)[C@H]1CCN(C(=O)CC3=C(C(=O)O)C(c4c(Cl)cccc4Cl)C(C(=O)O)=C(C[S@](=O)c4ccccc4)N3)C1)C2. The van der Waals surface area contributed by atoms with E-state index in [9.17, 15) is 33.6 Å². The van der Waals surface area contributed by atoms with Gasteiger partial charge in [0.2, 0.25) is 5.91 Å². The van der Waals surface area contributed by atoms with Gasteiger partial charge in [0.25, 0.3) is 0 Å². The summed E-state index contributed by atoms with van der Waals surface area (Å²) in [7, 11) is 0.357. The standard InChI is InChI=1S/C39H46Cl2N4O8S/c1-39(2,3)53-38(51)45(30-18-22-10-8-15-29(30)43(22)4)23-16-17-44(20-23)31(46)19-27-33(36(47)48)35(32-25(40)13-9-14-26(32)41)34(37(49)50)28(42-27)21-54(52)24-11-6-5-7-12-24/h5-7,9,11-14,22-23,29-30,35,42H,8,10,15-21H2,1-4H3,(H,47,48)(H,49,50)/t22?,23-,29?,30?,35?,54-/m0/s1. The molecule has 3 saturated heterocycles. The van der Waals surface area contributed by atoms with Gasteiger partial charge in [-0.05, 0) is 77.8 Å². The number of amides is 2. The molecule has 6 atom stereocenters. The van der Waals surface area contributed by atoms with Crippen molar-refractivity contribution in [1.82, 2.24) is 20.0 Å². The van der Waals surface area contributed by atoms with E-state index in [1.165, 1.54) is 12.1 Å². The Labute approximate surface area is 327 Å². The molecule has 290 valence electrons. The molecule has 4 heterocycles. The number of nitrogens with one attached hydrogen (secondary N) is 1. The molecule has 3 fully saturated rings. The fourth-order valence-corrected chi connectivity index (χ4v) is 10.2. The first-order valence-electron chi connectivity index (χ1n) is 18.1. The van der Waals surface area contributed by atoms with E-state index < -0.39 is 58.3 Å². The molecule has 4 aliphatic heterocycles. The third-order valence-corrected chi connectivity index (χ3v) is 12.9. The third-order valence-electron chi connectivity index (χ3n) is 10.9. The van der Waals surface area contributed by atoms with Crippen molar-refractivity contribution in [2.45, 2.75) is 99.9 Å². The van der Waals surface area contributed by atoms with Crippen molar-refractivity contribution in [3.05, 3.63) is 86.7 Å². The van der Waals surface area contributed by atoms with Gasteiger partial charge in [0.05, 0.1) is 52.1 Å². The molecular formula is C39H46Cl2N4O8S. The predicted octanol–water partition coefficient (Wildman–Crippen LogP) is 6.02. The minimum Gasteiger partial charge on any atom is -0.478 e. The molecule has 2 aromatic carbocycles. The van der Waals surface area contributed by atoms with Crippen molar-refractivity contribution in [3.63, 3.8) is 0 Å². The highest BCUT2D eigenvalue weighted by atomic mass is 35.5. The number of ether oxygens (including phenoxy) is 1. The number of benzene rings is 2. The number of fused-ring (bicyclic) bond motifs is 2. The molecule has 0 spiro atoms. The average molecular weight is 802 g/mol. The first-order chi connectivity index (χ1) is 25.6. The zero-order chi connectivity index (χ0) is 39.1. The van der Waals surface area contributed by atoms with Gasteiger partial charge in [-0.15, -0.1) is 0 Å². The lowest BCUT2D eigenvalue weighted by molar-refractivity contribution is -0.133. The third kappa shape index (κ3) is 8.19. The van der Waals surface area contributed by atoms with Crippen LogP contribution in [0.2, 0.25) is 10.0 Å². The number of nitrogens with zero attached hydrogens (tertiary/aromatic N) is 3. The lowest BCUT2D eigenvalue weighted by atomic mass is 9.79. The van der Waals surface area contributed by atoms with Crippen LogP contribution in [0.5, 0.6) is 0 Å². The number of carboxylic acids is 2. The Morgan fingerprint density at radius 2 is 1.59 bits per heavy atom. The van der Waals surface area contributed by atoms with Crippen LogP contribution < -0.4 is 5.32 Å². The summed E-state index contributed by atoms with van der Waals surface area (Å²) in [5.74, 6) is -5.17. The summed E-state index contributed by atoms with van der Waals surface area (Å²) in [6, 6.07) is 13.1. The highest BCUT2D eigenvalue weighted by molar-refractivity contribution is 7.85. The van der Waals surface area contributed by atoms with Gasteiger partial charge in [-0.2, -0.15) is 0 Å². The van der Waals surface area contributed by atoms with Gasteiger partial charge in [-0.3, -0.25) is 18.8 Å². The first kappa shape index (κ1) is 39.8. The van der Waals surface area contributed by atoms with E-state index in [1.54, 1.807) is 41.3 Å². The fraction of sp³-hybridized carbons (Fsp3) is 0.487. The zero-order valence-electron chi connectivity index (χ0n) is 30.7. The van der Waals surface area contributed by atoms with Gasteiger partial charge >= 0.3 is 18.0 Å². The number of dihydropyridines is 1. The maximum absolute atomic E-state index is 14.2. The number of hydrogen-bond donors (Lipinski definition) is 3. The van der Waals surface area contributed by atoms with E-state index in [0.717, 1.165) is 25.7 Å². The van der Waals surface area contributed by atoms with Crippen LogP contribution in [0.4, 0.5) is 4.79 Å². The lowest BCUT2D eigenvalue weighted by Gasteiger charge is -2.39. The predicted molar refractivity (Wildman–Crippen MR) is 205 cm³/mol. The molecular weight excluding hydrogens is 755 g/mol. The Balaban J connectivity index is 1.33. The van der Waals surface area contributed by atoms with Crippen molar-refractivity contribution >= 4 is 57.9 Å². The van der Waals surface area contributed by atoms with Crippen LogP contribution in [0.1, 0.15) is 70.8 Å². The van der Waals surface area contributed by atoms with Gasteiger partial charge in [-0.25, -0.2) is 14.4 Å². The van der Waals surface area contributed by atoms with E-state index in [4.69, 9.17) is 27.9 Å². The zero-order valence-corrected chi connectivity index (χ0v) is 33.0. The van der Waals surface area contributed by atoms with Crippen LogP contribution in [-0.4, -0.2) is 109 Å². The monoisotopic (exact) mass is 800 g/mol. The number of hydrogen-bond acceptors (Lipinski definition) is 8. The van der Waals surface area contributed by atoms with Crippen molar-refractivity contribution in [2.75, 3.05) is 25.9 Å². The molecule has 15 heteroatoms. The Hall–Kier alpha value is -3.91. The number of piperidine rings is 1. The molecule has 6 rings (SSSR count). The average Bonchev–Trinajstić information content (AvgIpc) is 3.61. The molecule has 54 heavy (non-hydrogen) atoms. The van der Waals surface area contributed by atoms with E-state index >= 15 is 0 Å². The molecule has 0 saturated carbocycles. The number of aliphatic carboxylic acids is 2. The van der Waals surface area contributed by atoms with Crippen molar-refractivity contribution in [2.24, 2.45) is 0 Å². The summed E-state index contributed by atoms with van der Waals surface area (Å²) in [5, 5.41) is 24.3. The van der Waals surface area contributed by atoms with E-state index in [2.05, 4.69) is 17.3 Å². The molecule has 4 aliphatic rings. The Kier molecular flexibility index (Phi) is 11.8. The largest absolute Gasteiger partial charge is 0.478 e. The lowest BCUT2D eigenvalue weighted by Crippen LogP contribution is -2.54. The van der Waals surface area contributed by atoms with Crippen LogP contribution in [0.15, 0.2) is 76.0 Å². The molecule has 4 unspecified atom stereocenters. The number of likely N-dealkylation sites (tertiary alicyclic amines) is 1. The number of carbonyl (C=O) groups excluding carboxylic acids is 2. The van der Waals surface area contributed by atoms with Gasteiger partial charge in [0, 0.05) is 57.1 Å². The van der Waals surface area contributed by atoms with E-state index in [-0.39, 0.29) is 63.0 Å². The molecule has 2 aromatic rings. The maximum Gasteiger partial charge on any atom is 0.410 e. The Bertz CT molecular complexity index is 1890. The summed E-state index contributed by atoms with van der Waals surface area (Å²) in [4.78, 5) is 60.5. The molecule has 2 bridgehead atoms. The smallest absolute Gasteiger partial charge is 0.410 e. The highest BCUT2D eigenvalue weighted by Crippen LogP contribution is 2.45. The minimum atomic E-state index is -1.75. The summed E-state index contributed by atoms with van der Waals surface area (Å²) in [6.45, 7) is 6.01. The van der Waals surface area contributed by atoms with E-state index in [1.807, 2.05) is 25.7 Å². The number of halogens is 2. The first-order valence-corrected chi connectivity index (χ1v) is 20.2. The summed E-state index contributed by atoms with van der Waals surface area (Å²) in [6.07, 6.45) is 3.58. The Morgan fingerprint density at radius 1 is 0.944 bits per heavy atom. The summed E-state index contributed by atoms with van der Waals surface area (Å²) < 4.78 is 19.5. The van der Waals surface area contributed by atoms with Gasteiger partial charge in [0.15, 0.2) is 0 Å². The quantitative estimate of drug-likeness (QED) is 0.260. The second kappa shape index (κ2) is 16.1. The van der Waals surface area contributed by atoms with Gasteiger partial charge in [0.1, 0.15) is 5.60 Å². The van der Waals surface area contributed by atoms with Crippen LogP contribution in [0, 0.1) is 0 Å². The van der Waals surface area contributed by atoms with Gasteiger partial charge < -0.3 is 25.2 Å². The van der Waals surface area contributed by atoms with Crippen molar-refractivity contribution in [3.8, 4) is 0 Å². The molecule has 12 nitrogen and oxygen atoms in total.